The number of benzene rings is 2. The lowest BCUT2D eigenvalue weighted by Gasteiger charge is -2.44. The number of hydrogen-bond donors (Lipinski definition) is 1. The third kappa shape index (κ3) is 6.47. The van der Waals surface area contributed by atoms with Crippen LogP contribution in [0.2, 0.25) is 0 Å². The second-order valence-corrected chi connectivity index (χ2v) is 8.47. The number of ether oxygens (including phenoxy) is 1. The second-order valence-electron chi connectivity index (χ2n) is 8.47. The van der Waals surface area contributed by atoms with Crippen LogP contribution in [0.15, 0.2) is 54.6 Å². The lowest BCUT2D eigenvalue weighted by Crippen LogP contribution is -3.00. The Bertz CT molecular complexity index is 679. The molecule has 3 unspecified atom stereocenters. The van der Waals surface area contributed by atoms with E-state index >= 15 is 0 Å². The highest BCUT2D eigenvalue weighted by Gasteiger charge is 2.34. The maximum Gasteiger partial charge on any atom is 0.137 e. The van der Waals surface area contributed by atoms with Crippen molar-refractivity contribution in [2.75, 3.05) is 33.3 Å². The highest BCUT2D eigenvalue weighted by molar-refractivity contribution is 5.63. The van der Waals surface area contributed by atoms with E-state index in [0.717, 1.165) is 41.7 Å². The van der Waals surface area contributed by atoms with Gasteiger partial charge in [0.2, 0.25) is 0 Å². The van der Waals surface area contributed by atoms with E-state index in [4.69, 9.17) is 4.74 Å². The molecule has 1 saturated heterocycles. The number of rotatable bonds is 6. The zero-order valence-electron chi connectivity index (χ0n) is 16.6. The summed E-state index contributed by atoms with van der Waals surface area (Å²) in [6.07, 6.45) is 0.861. The molecule has 4 heteroatoms. The summed E-state index contributed by atoms with van der Waals surface area (Å²) in [4.78, 5) is 0. The molecule has 1 fully saturated rings. The van der Waals surface area contributed by atoms with Crippen molar-refractivity contribution in [2.24, 2.45) is 11.8 Å². The summed E-state index contributed by atoms with van der Waals surface area (Å²) in [6.45, 7) is 8.05. The Morgan fingerprint density at radius 3 is 2.11 bits per heavy atom. The minimum absolute atomic E-state index is 0. The van der Waals surface area contributed by atoms with Crippen molar-refractivity contribution in [3.05, 3.63) is 54.6 Å². The molecule has 3 rings (SSSR count). The van der Waals surface area contributed by atoms with Crippen molar-refractivity contribution in [1.82, 2.24) is 0 Å². The van der Waals surface area contributed by atoms with Crippen molar-refractivity contribution in [2.45, 2.75) is 26.4 Å². The van der Waals surface area contributed by atoms with Crippen LogP contribution in [0.5, 0.6) is 5.75 Å². The maximum atomic E-state index is 10.5. The summed E-state index contributed by atoms with van der Waals surface area (Å²) in [5.41, 5.74) is 2.37. The predicted octanol–water partition coefficient (Wildman–Crippen LogP) is 1.22. The van der Waals surface area contributed by atoms with Gasteiger partial charge in [-0.2, -0.15) is 0 Å². The molecule has 0 aliphatic carbocycles. The number of halogens is 1. The first-order valence-corrected chi connectivity index (χ1v) is 9.73. The van der Waals surface area contributed by atoms with E-state index in [0.29, 0.717) is 6.61 Å². The standard InChI is InChI=1S/C23H32NO2.HI/c1-18-13-19(2)15-24(3,14-18)16-22(25)17-26-23-11-9-21(10-12-23)20-7-5-4-6-8-20;/h4-12,18-19,22,25H,13-17H2,1-3H3;1H/q+1;/p-1. The normalized spacial score (nSPS) is 26.1. The van der Waals surface area contributed by atoms with E-state index in [1.807, 2.05) is 30.3 Å². The van der Waals surface area contributed by atoms with Gasteiger partial charge in [0.15, 0.2) is 0 Å². The fraction of sp³-hybridized carbons (Fsp3) is 0.478. The first-order valence-electron chi connectivity index (χ1n) is 9.73. The molecule has 1 aliphatic rings. The predicted molar refractivity (Wildman–Crippen MR) is 107 cm³/mol. The molecule has 2 aromatic rings. The van der Waals surface area contributed by atoms with Crippen LogP contribution < -0.4 is 28.7 Å². The van der Waals surface area contributed by atoms with Gasteiger partial charge in [0.05, 0.1) is 20.1 Å². The Morgan fingerprint density at radius 2 is 1.52 bits per heavy atom. The number of likely N-dealkylation sites (N-methyl/N-ethyl adjacent to an activating group) is 1. The molecular weight excluding hydrogens is 449 g/mol. The molecule has 148 valence electrons. The second kappa shape index (κ2) is 9.89. The highest BCUT2D eigenvalue weighted by atomic mass is 127. The van der Waals surface area contributed by atoms with E-state index in [1.165, 1.54) is 17.5 Å². The Balaban J connectivity index is 0.00000261. The topological polar surface area (TPSA) is 29.5 Å². The molecular formula is C23H32INO2. The van der Waals surface area contributed by atoms with Crippen LogP contribution in [0.1, 0.15) is 20.3 Å². The first-order chi connectivity index (χ1) is 12.4. The minimum atomic E-state index is -0.439. The minimum Gasteiger partial charge on any atom is -1.00 e. The van der Waals surface area contributed by atoms with Crippen LogP contribution in [0.4, 0.5) is 0 Å². The zero-order chi connectivity index (χ0) is 18.6. The fourth-order valence-corrected chi connectivity index (χ4v) is 4.69. The summed E-state index contributed by atoms with van der Waals surface area (Å²) in [6, 6.07) is 18.4. The number of piperidine rings is 1. The summed E-state index contributed by atoms with van der Waals surface area (Å²) in [7, 11) is 2.27. The zero-order valence-corrected chi connectivity index (χ0v) is 18.8. The van der Waals surface area contributed by atoms with Crippen molar-refractivity contribution in [3.8, 4) is 16.9 Å². The molecule has 0 aromatic heterocycles. The molecule has 0 bridgehead atoms. The largest absolute Gasteiger partial charge is 1.00 e. The first kappa shape index (κ1) is 22.2. The van der Waals surface area contributed by atoms with Gasteiger partial charge in [-0.3, -0.25) is 0 Å². The summed E-state index contributed by atoms with van der Waals surface area (Å²) >= 11 is 0. The maximum absolute atomic E-state index is 10.5. The number of quaternary nitrogens is 1. The number of hydrogen-bond acceptors (Lipinski definition) is 2. The summed E-state index contributed by atoms with van der Waals surface area (Å²) < 4.78 is 6.78. The Hall–Kier alpha value is -1.11. The molecule has 0 spiro atoms. The molecule has 1 aliphatic heterocycles. The highest BCUT2D eigenvalue weighted by Crippen LogP contribution is 2.26. The van der Waals surface area contributed by atoms with E-state index in [-0.39, 0.29) is 24.0 Å². The number of aliphatic hydroxyl groups excluding tert-OH is 1. The van der Waals surface area contributed by atoms with Crippen molar-refractivity contribution >= 4 is 0 Å². The van der Waals surface area contributed by atoms with Gasteiger partial charge in [-0.1, -0.05) is 56.3 Å². The van der Waals surface area contributed by atoms with Crippen molar-refractivity contribution < 1.29 is 38.3 Å². The molecule has 27 heavy (non-hydrogen) atoms. The molecule has 0 amide bonds. The average molecular weight is 481 g/mol. The number of nitrogens with zero attached hydrogens (tertiary/aromatic N) is 1. The van der Waals surface area contributed by atoms with Crippen molar-refractivity contribution in [1.29, 1.82) is 0 Å². The molecule has 1 N–H and O–H groups in total. The van der Waals surface area contributed by atoms with Gasteiger partial charge in [-0.05, 0) is 29.7 Å². The summed E-state index contributed by atoms with van der Waals surface area (Å²) in [5, 5.41) is 10.5. The van der Waals surface area contributed by atoms with Crippen LogP contribution in [0.3, 0.4) is 0 Å². The van der Waals surface area contributed by atoms with Gasteiger partial charge in [-0.15, -0.1) is 0 Å². The monoisotopic (exact) mass is 481 g/mol. The van der Waals surface area contributed by atoms with Gasteiger partial charge >= 0.3 is 0 Å². The number of aliphatic hydroxyl groups is 1. The Kier molecular flexibility index (Phi) is 8.13. The average Bonchev–Trinajstić information content (AvgIpc) is 2.59. The quantitative estimate of drug-likeness (QED) is 0.497. The SMILES string of the molecule is CC1CC(C)C[N+](C)(CC(O)COc2ccc(-c3ccccc3)cc2)C1.[I-]. The lowest BCUT2D eigenvalue weighted by molar-refractivity contribution is -0.923. The smallest absolute Gasteiger partial charge is 0.137 e. The molecule has 0 radical (unpaired) electrons. The van der Waals surface area contributed by atoms with E-state index in [9.17, 15) is 5.11 Å². The molecule has 0 saturated carbocycles. The third-order valence-electron chi connectivity index (χ3n) is 5.36. The van der Waals surface area contributed by atoms with Crippen molar-refractivity contribution in [3.63, 3.8) is 0 Å². The Morgan fingerprint density at radius 1 is 0.963 bits per heavy atom. The van der Waals surface area contributed by atoms with E-state index in [2.05, 4.69) is 45.2 Å². The molecule has 3 nitrogen and oxygen atoms in total. The fourth-order valence-electron chi connectivity index (χ4n) is 4.69. The molecule has 1 heterocycles. The van der Waals surface area contributed by atoms with E-state index < -0.39 is 6.10 Å². The van der Waals surface area contributed by atoms with Crippen LogP contribution in [-0.2, 0) is 0 Å². The summed E-state index contributed by atoms with van der Waals surface area (Å²) in [5.74, 6) is 2.26. The lowest BCUT2D eigenvalue weighted by atomic mass is 9.90. The van der Waals surface area contributed by atoms with Gasteiger partial charge in [0.25, 0.3) is 0 Å². The van der Waals surface area contributed by atoms with Crippen LogP contribution in [0.25, 0.3) is 11.1 Å². The van der Waals surface area contributed by atoms with Gasteiger partial charge in [-0.25, -0.2) is 0 Å². The van der Waals surface area contributed by atoms with Crippen LogP contribution >= 0.6 is 0 Å². The molecule has 3 atom stereocenters. The van der Waals surface area contributed by atoms with Gasteiger partial charge in [0, 0.05) is 11.8 Å². The van der Waals surface area contributed by atoms with Gasteiger partial charge in [0.1, 0.15) is 25.0 Å². The Labute approximate surface area is 181 Å². The van der Waals surface area contributed by atoms with Crippen LogP contribution in [0, 0.1) is 11.8 Å². The molecule has 2 aromatic carbocycles. The number of likely N-dealkylation sites (tertiary alicyclic amines) is 1. The van der Waals surface area contributed by atoms with E-state index in [1.54, 1.807) is 0 Å². The van der Waals surface area contributed by atoms with Gasteiger partial charge < -0.3 is 38.3 Å². The van der Waals surface area contributed by atoms with Crippen LogP contribution in [-0.4, -0.2) is 49.0 Å². The third-order valence-corrected chi connectivity index (χ3v) is 5.36.